The van der Waals surface area contributed by atoms with Crippen molar-refractivity contribution >= 4 is 109 Å². The van der Waals surface area contributed by atoms with E-state index in [-0.39, 0.29) is 42.3 Å². The van der Waals surface area contributed by atoms with E-state index in [1.165, 1.54) is 19.1 Å². The highest BCUT2D eigenvalue weighted by Crippen LogP contribution is 2.12. The number of aliphatic carboxylic acids is 1. The standard InChI is InChI=1S/C39H60N12O14S3/c1-20(52)46-25(12-21-5-7-22(53)8-6-21)39(65)51-24(4-2-3-11-40)35(61)42-14-30(55)48-27(18-67)37(63)44-16-32(57)50-28(19-68)38(64)45-15-31(56)49-26(17-66)36(62)43-13-29(54)47-23(34(41)60)9-10-33(58)59/h5-8,23-28,53,66-68H,2-4,9-19,40H2,1H3,(H2,41,60)(H,42,61)(H,43,62)(H,44,63)(H,45,64)(H,46,52)(H,47,54)(H,48,55)(H,49,56)(H,50,57)(H,51,65)(H,58,59)/t23-,24-,25-,26-,27-,28-/m0/s1. The van der Waals surface area contributed by atoms with Crippen LogP contribution in [0.15, 0.2) is 24.3 Å². The molecule has 0 fully saturated rings. The fourth-order valence-electron chi connectivity index (χ4n) is 5.64. The van der Waals surface area contributed by atoms with E-state index in [2.05, 4.69) is 91.1 Å². The van der Waals surface area contributed by atoms with Crippen LogP contribution in [-0.2, 0) is 64.0 Å². The molecule has 16 N–H and O–H groups in total. The van der Waals surface area contributed by atoms with Crippen LogP contribution in [0.25, 0.3) is 0 Å². The van der Waals surface area contributed by atoms with E-state index in [4.69, 9.17) is 16.6 Å². The molecule has 0 radical (unpaired) electrons. The highest BCUT2D eigenvalue weighted by atomic mass is 32.1. The lowest BCUT2D eigenvalue weighted by Crippen LogP contribution is -2.56. The number of amides is 11. The van der Waals surface area contributed by atoms with E-state index in [1.54, 1.807) is 12.1 Å². The summed E-state index contributed by atoms with van der Waals surface area (Å²) in [6, 6.07) is -1.50. The molecule has 0 saturated heterocycles. The molecule has 0 aliphatic carbocycles. The first-order chi connectivity index (χ1) is 32.1. The van der Waals surface area contributed by atoms with Gasteiger partial charge in [-0.2, -0.15) is 37.9 Å². The topological polar surface area (TPSA) is 418 Å². The maximum Gasteiger partial charge on any atom is 0.303 e. The molecule has 0 unspecified atom stereocenters. The van der Waals surface area contributed by atoms with E-state index in [1.807, 2.05) is 0 Å². The van der Waals surface area contributed by atoms with Crippen LogP contribution >= 0.6 is 37.9 Å². The van der Waals surface area contributed by atoms with Crippen molar-refractivity contribution in [2.75, 3.05) is 50.0 Å². The number of carbonyl (C=O) groups is 12. The van der Waals surface area contributed by atoms with Gasteiger partial charge < -0.3 is 74.8 Å². The normalized spacial score (nSPS) is 13.2. The van der Waals surface area contributed by atoms with Crippen molar-refractivity contribution < 1.29 is 67.7 Å². The number of nitrogens with two attached hydrogens (primary N) is 2. The number of hydrogen-bond donors (Lipinski definition) is 17. The molecular weight excluding hydrogens is 957 g/mol. The molecule has 0 heterocycles. The second kappa shape index (κ2) is 32.4. The zero-order chi connectivity index (χ0) is 51.3. The number of aromatic hydroxyl groups is 1. The Morgan fingerprint density at radius 3 is 1.28 bits per heavy atom. The van der Waals surface area contributed by atoms with Gasteiger partial charge >= 0.3 is 5.97 Å². The summed E-state index contributed by atoms with van der Waals surface area (Å²) in [6.07, 6.45) is 0.356. The molecule has 11 amide bonds. The van der Waals surface area contributed by atoms with Gasteiger partial charge in [-0.1, -0.05) is 12.1 Å². The molecule has 378 valence electrons. The molecule has 0 saturated carbocycles. The fourth-order valence-corrected chi connectivity index (χ4v) is 6.41. The summed E-state index contributed by atoms with van der Waals surface area (Å²) in [5.74, 6) is -11.0. The number of primary amides is 1. The molecule has 0 aromatic heterocycles. The van der Waals surface area contributed by atoms with Crippen molar-refractivity contribution in [1.82, 2.24) is 53.2 Å². The SMILES string of the molecule is CC(=O)N[C@@H](Cc1ccc(O)cc1)C(=O)N[C@@H](CCCCN)C(=O)NCC(=O)N[C@@H](CS)C(=O)NCC(=O)N[C@@H](CS)C(=O)NCC(=O)N[C@@H](CS)C(=O)NCC(=O)N[C@@H](CCC(=O)O)C(N)=O. The first-order valence-electron chi connectivity index (χ1n) is 20.8. The molecule has 6 atom stereocenters. The number of carbonyl (C=O) groups excluding carboxylic acids is 11. The van der Waals surface area contributed by atoms with Crippen LogP contribution < -0.4 is 64.6 Å². The molecule has 1 aromatic rings. The molecule has 0 bridgehead atoms. The number of carboxylic acids is 1. The predicted molar refractivity (Wildman–Crippen MR) is 252 cm³/mol. The van der Waals surface area contributed by atoms with Gasteiger partial charge in [-0.25, -0.2) is 0 Å². The zero-order valence-electron chi connectivity index (χ0n) is 37.0. The van der Waals surface area contributed by atoms with Gasteiger partial charge in [-0.05, 0) is 49.9 Å². The fraction of sp³-hybridized carbons (Fsp3) is 0.538. The molecule has 26 nitrogen and oxygen atoms in total. The lowest BCUT2D eigenvalue weighted by Gasteiger charge is -2.23. The average Bonchev–Trinajstić information content (AvgIpc) is 3.29. The minimum atomic E-state index is -1.32. The zero-order valence-corrected chi connectivity index (χ0v) is 39.6. The molecule has 29 heteroatoms. The van der Waals surface area contributed by atoms with E-state index in [9.17, 15) is 62.6 Å². The second-order valence-electron chi connectivity index (χ2n) is 14.7. The van der Waals surface area contributed by atoms with Gasteiger partial charge in [-0.15, -0.1) is 0 Å². The maximum atomic E-state index is 13.3. The number of unbranched alkanes of at least 4 members (excludes halogenated alkanes) is 1. The molecule has 0 spiro atoms. The lowest BCUT2D eigenvalue weighted by molar-refractivity contribution is -0.138. The summed E-state index contributed by atoms with van der Waals surface area (Å²) in [5, 5.41) is 41.8. The maximum absolute atomic E-state index is 13.3. The van der Waals surface area contributed by atoms with Crippen LogP contribution in [0.4, 0.5) is 0 Å². The van der Waals surface area contributed by atoms with Gasteiger partial charge in [0.2, 0.25) is 65.0 Å². The average molecular weight is 1020 g/mol. The van der Waals surface area contributed by atoms with Crippen molar-refractivity contribution in [3.8, 4) is 5.75 Å². The van der Waals surface area contributed by atoms with Gasteiger partial charge in [0.1, 0.15) is 42.0 Å². The number of thiol groups is 3. The molecular formula is C39H60N12O14S3. The Morgan fingerprint density at radius 1 is 0.529 bits per heavy atom. The number of phenolic OH excluding ortho intramolecular Hbond substituents is 1. The van der Waals surface area contributed by atoms with Gasteiger partial charge in [-0.3, -0.25) is 57.5 Å². The minimum absolute atomic E-state index is 0.00242. The summed E-state index contributed by atoms with van der Waals surface area (Å²) in [4.78, 5) is 149. The Morgan fingerprint density at radius 2 is 0.926 bits per heavy atom. The Hall–Kier alpha value is -6.33. The van der Waals surface area contributed by atoms with E-state index >= 15 is 0 Å². The summed E-state index contributed by atoms with van der Waals surface area (Å²) >= 11 is 12.1. The molecule has 0 aliphatic rings. The van der Waals surface area contributed by atoms with Gasteiger partial charge in [0.15, 0.2) is 0 Å². The molecule has 68 heavy (non-hydrogen) atoms. The lowest BCUT2D eigenvalue weighted by atomic mass is 10.0. The van der Waals surface area contributed by atoms with Crippen molar-refractivity contribution in [2.24, 2.45) is 11.5 Å². The van der Waals surface area contributed by atoms with Crippen LogP contribution in [0.5, 0.6) is 5.75 Å². The smallest absolute Gasteiger partial charge is 0.303 e. The first kappa shape index (κ1) is 59.7. The molecule has 1 rings (SSSR count). The number of carboxylic acid groups (broad SMARTS) is 1. The van der Waals surface area contributed by atoms with Crippen molar-refractivity contribution in [2.45, 2.75) is 81.7 Å². The summed E-state index contributed by atoms with van der Waals surface area (Å²) < 4.78 is 0. The number of phenols is 1. The number of hydrogen-bond acceptors (Lipinski definition) is 17. The Balaban J connectivity index is 2.67. The van der Waals surface area contributed by atoms with Crippen molar-refractivity contribution in [3.05, 3.63) is 29.8 Å². The molecule has 0 aliphatic heterocycles. The highest BCUT2D eigenvalue weighted by Gasteiger charge is 2.29. The van der Waals surface area contributed by atoms with E-state index < -0.39 is 140 Å². The van der Waals surface area contributed by atoms with Gasteiger partial charge in [0, 0.05) is 37.0 Å². The summed E-state index contributed by atoms with van der Waals surface area (Å²) in [5.41, 5.74) is 11.4. The molecule has 1 aromatic carbocycles. The summed E-state index contributed by atoms with van der Waals surface area (Å²) in [7, 11) is 0. The summed E-state index contributed by atoms with van der Waals surface area (Å²) in [6.45, 7) is -1.16. The van der Waals surface area contributed by atoms with Gasteiger partial charge in [0.05, 0.1) is 26.2 Å². The van der Waals surface area contributed by atoms with E-state index in [0.29, 0.717) is 24.9 Å². The van der Waals surface area contributed by atoms with Crippen LogP contribution in [0, 0.1) is 0 Å². The monoisotopic (exact) mass is 1020 g/mol. The second-order valence-corrected chi connectivity index (χ2v) is 15.8. The Bertz CT molecular complexity index is 1950. The van der Waals surface area contributed by atoms with Crippen LogP contribution in [0.2, 0.25) is 0 Å². The predicted octanol–water partition coefficient (Wildman–Crippen LogP) is -6.40. The van der Waals surface area contributed by atoms with Gasteiger partial charge in [0.25, 0.3) is 0 Å². The van der Waals surface area contributed by atoms with E-state index in [0.717, 1.165) is 0 Å². The minimum Gasteiger partial charge on any atom is -0.508 e. The Labute approximate surface area is 407 Å². The third-order valence-corrected chi connectivity index (χ3v) is 10.3. The highest BCUT2D eigenvalue weighted by molar-refractivity contribution is 7.80. The first-order valence-corrected chi connectivity index (χ1v) is 22.7. The van der Waals surface area contributed by atoms with Crippen LogP contribution in [0.3, 0.4) is 0 Å². The van der Waals surface area contributed by atoms with Crippen molar-refractivity contribution in [3.63, 3.8) is 0 Å². The quantitative estimate of drug-likeness (QED) is 0.0236. The van der Waals surface area contributed by atoms with Crippen LogP contribution in [0.1, 0.15) is 44.6 Å². The third kappa shape index (κ3) is 24.4. The number of benzene rings is 1. The van der Waals surface area contributed by atoms with Crippen molar-refractivity contribution in [1.29, 1.82) is 0 Å². The Kier molecular flexibility index (Phi) is 28.4. The number of nitrogens with one attached hydrogen (secondary N) is 10. The number of rotatable bonds is 32. The third-order valence-electron chi connectivity index (χ3n) is 9.17. The van der Waals surface area contributed by atoms with Crippen LogP contribution in [-0.4, -0.2) is 167 Å². The largest absolute Gasteiger partial charge is 0.508 e.